The maximum atomic E-state index is 13.8. The number of hydrogen-bond donors (Lipinski definition) is 0. The number of methoxy groups -OCH3 is 1. The highest BCUT2D eigenvalue weighted by atomic mass is 79.9. The molecule has 0 unspecified atom stereocenters. The fraction of sp³-hybridized carbons (Fsp3) is 0.586. The average Bonchev–Trinajstić information content (AvgIpc) is 2.75. The summed E-state index contributed by atoms with van der Waals surface area (Å²) >= 11 is 3.68. The summed E-state index contributed by atoms with van der Waals surface area (Å²) in [4.78, 5) is 29.8. The highest BCUT2D eigenvalue weighted by Gasteiger charge is 2.48. The Bertz CT molecular complexity index is 1040. The van der Waals surface area contributed by atoms with Crippen LogP contribution in [0.4, 0.5) is 0 Å². The van der Waals surface area contributed by atoms with Crippen molar-refractivity contribution in [2.24, 2.45) is 10.8 Å². The van der Waals surface area contributed by atoms with Crippen molar-refractivity contribution in [3.8, 4) is 5.75 Å². The molecule has 0 N–H and O–H groups in total. The highest BCUT2D eigenvalue weighted by Crippen LogP contribution is 2.54. The van der Waals surface area contributed by atoms with E-state index in [1.165, 1.54) is 0 Å². The number of benzene rings is 1. The smallest absolute Gasteiger partial charge is 0.162 e. The molecule has 0 saturated carbocycles. The number of allylic oxidation sites excluding steroid dienone is 4. The van der Waals surface area contributed by atoms with Crippen LogP contribution in [0.3, 0.4) is 0 Å². The van der Waals surface area contributed by atoms with E-state index in [1.54, 1.807) is 7.11 Å². The largest absolute Gasteiger partial charge is 0.492 e. The molecule has 1 aliphatic heterocycles. The molecular weight excluding hydrogens is 506 g/mol. The number of carbonyl (C=O) groups is 2. The molecule has 0 atom stereocenters. The van der Waals surface area contributed by atoms with Crippen molar-refractivity contribution in [3.05, 3.63) is 50.8 Å². The SMILES string of the molecule is CCCOc1ccc(C2C3=C(CC(C)(C)CC3=O)N(CCOC)C3=C2C(=O)CC(C)(C)C3)cc1Br. The molecule has 5 nitrogen and oxygen atoms in total. The fourth-order valence-corrected chi connectivity index (χ4v) is 6.37. The topological polar surface area (TPSA) is 55.8 Å². The third kappa shape index (κ3) is 5.15. The lowest BCUT2D eigenvalue weighted by molar-refractivity contribution is -0.119. The number of halogens is 1. The lowest BCUT2D eigenvalue weighted by atomic mass is 9.63. The van der Waals surface area contributed by atoms with Crippen LogP contribution in [-0.2, 0) is 14.3 Å². The first-order valence-corrected chi connectivity index (χ1v) is 13.5. The minimum absolute atomic E-state index is 0.128. The minimum Gasteiger partial charge on any atom is -0.492 e. The van der Waals surface area contributed by atoms with Gasteiger partial charge in [0.2, 0.25) is 0 Å². The lowest BCUT2D eigenvalue weighted by Crippen LogP contribution is -2.45. The fourth-order valence-electron chi connectivity index (χ4n) is 5.86. The second-order valence-electron chi connectivity index (χ2n) is 11.7. The third-order valence-corrected chi connectivity index (χ3v) is 7.91. The zero-order valence-corrected chi connectivity index (χ0v) is 23.5. The molecular formula is C29H38BrNO4. The van der Waals surface area contributed by atoms with Crippen LogP contribution in [0.15, 0.2) is 45.2 Å². The number of rotatable bonds is 7. The number of Topliss-reactive ketones (excluding diaryl/α,β-unsaturated/α-hetero) is 2. The van der Waals surface area contributed by atoms with Crippen LogP contribution in [0.2, 0.25) is 0 Å². The van der Waals surface area contributed by atoms with Gasteiger partial charge in [0.05, 0.1) is 17.7 Å². The van der Waals surface area contributed by atoms with Crippen molar-refractivity contribution in [1.82, 2.24) is 4.90 Å². The summed E-state index contributed by atoms with van der Waals surface area (Å²) in [5, 5.41) is 0. The van der Waals surface area contributed by atoms with E-state index in [2.05, 4.69) is 55.4 Å². The monoisotopic (exact) mass is 543 g/mol. The lowest BCUT2D eigenvalue weighted by Gasteiger charge is -2.49. The van der Waals surface area contributed by atoms with Gasteiger partial charge in [-0.05, 0) is 63.7 Å². The molecule has 2 aliphatic carbocycles. The molecule has 0 spiro atoms. The van der Waals surface area contributed by atoms with Gasteiger partial charge >= 0.3 is 0 Å². The molecule has 1 aromatic carbocycles. The standard InChI is InChI=1S/C29H38BrNO4/c1-7-11-35-24-9-8-18(13-19(24)30)25-26-20(14-28(2,3)16-22(26)32)31(10-12-34-6)21-15-29(4,5)17-23(33)27(21)25/h8-9,13,25H,7,10-12,14-17H2,1-6H3. The van der Waals surface area contributed by atoms with Gasteiger partial charge in [0.1, 0.15) is 5.75 Å². The predicted octanol–water partition coefficient (Wildman–Crippen LogP) is 6.57. The molecule has 0 aromatic heterocycles. The summed E-state index contributed by atoms with van der Waals surface area (Å²) in [6.45, 7) is 12.5. The second-order valence-corrected chi connectivity index (χ2v) is 12.6. The summed E-state index contributed by atoms with van der Waals surface area (Å²) < 4.78 is 12.2. The summed E-state index contributed by atoms with van der Waals surface area (Å²) in [6.07, 6.45) is 3.51. The van der Waals surface area contributed by atoms with Crippen molar-refractivity contribution < 1.29 is 19.1 Å². The predicted molar refractivity (Wildman–Crippen MR) is 141 cm³/mol. The summed E-state index contributed by atoms with van der Waals surface area (Å²) in [5.41, 5.74) is 4.43. The summed E-state index contributed by atoms with van der Waals surface area (Å²) in [6, 6.07) is 6.03. The number of carbonyl (C=O) groups excluding carboxylic acids is 2. The molecule has 1 aromatic rings. The van der Waals surface area contributed by atoms with E-state index >= 15 is 0 Å². The molecule has 6 heteroatoms. The van der Waals surface area contributed by atoms with Crippen molar-refractivity contribution in [1.29, 1.82) is 0 Å². The molecule has 0 radical (unpaired) electrons. The highest BCUT2D eigenvalue weighted by molar-refractivity contribution is 9.10. The first-order valence-electron chi connectivity index (χ1n) is 12.7. The minimum atomic E-state index is -0.345. The van der Waals surface area contributed by atoms with Gasteiger partial charge in [-0.25, -0.2) is 0 Å². The van der Waals surface area contributed by atoms with E-state index in [-0.39, 0.29) is 28.3 Å². The van der Waals surface area contributed by atoms with Crippen LogP contribution in [0, 0.1) is 10.8 Å². The van der Waals surface area contributed by atoms with Gasteiger partial charge < -0.3 is 14.4 Å². The number of ether oxygens (including phenoxy) is 2. The van der Waals surface area contributed by atoms with Gasteiger partial charge in [-0.3, -0.25) is 9.59 Å². The molecule has 0 bridgehead atoms. The average molecular weight is 545 g/mol. The molecule has 0 saturated heterocycles. The Labute approximate surface area is 218 Å². The summed E-state index contributed by atoms with van der Waals surface area (Å²) in [5.74, 6) is 0.733. The van der Waals surface area contributed by atoms with Gasteiger partial charge in [-0.2, -0.15) is 0 Å². The van der Waals surface area contributed by atoms with Crippen molar-refractivity contribution in [2.75, 3.05) is 26.9 Å². The molecule has 0 amide bonds. The van der Waals surface area contributed by atoms with Crippen LogP contribution in [0.5, 0.6) is 5.75 Å². The van der Waals surface area contributed by atoms with E-state index in [4.69, 9.17) is 9.47 Å². The Morgan fingerprint density at radius 2 is 1.51 bits per heavy atom. The van der Waals surface area contributed by atoms with Gasteiger partial charge in [0.15, 0.2) is 11.6 Å². The van der Waals surface area contributed by atoms with E-state index in [9.17, 15) is 9.59 Å². The molecule has 190 valence electrons. The first-order chi connectivity index (χ1) is 16.5. The maximum Gasteiger partial charge on any atom is 0.162 e. The van der Waals surface area contributed by atoms with E-state index < -0.39 is 0 Å². The van der Waals surface area contributed by atoms with Gasteiger partial charge in [-0.15, -0.1) is 0 Å². The second kappa shape index (κ2) is 9.85. The van der Waals surface area contributed by atoms with Gasteiger partial charge in [-0.1, -0.05) is 40.7 Å². The first kappa shape index (κ1) is 26.2. The number of hydrogen-bond acceptors (Lipinski definition) is 5. The van der Waals surface area contributed by atoms with Crippen LogP contribution >= 0.6 is 15.9 Å². The quantitative estimate of drug-likeness (QED) is 0.389. The number of nitrogens with zero attached hydrogens (tertiary/aromatic N) is 1. The van der Waals surface area contributed by atoms with Gasteiger partial charge in [0, 0.05) is 55.0 Å². The van der Waals surface area contributed by atoms with Crippen molar-refractivity contribution in [3.63, 3.8) is 0 Å². The van der Waals surface area contributed by atoms with E-state index in [0.717, 1.165) is 57.6 Å². The Hall–Kier alpha value is -1.92. The Morgan fingerprint density at radius 1 is 0.943 bits per heavy atom. The van der Waals surface area contributed by atoms with Crippen molar-refractivity contribution >= 4 is 27.5 Å². The van der Waals surface area contributed by atoms with Crippen LogP contribution < -0.4 is 4.74 Å². The zero-order valence-electron chi connectivity index (χ0n) is 21.9. The maximum absolute atomic E-state index is 13.8. The van der Waals surface area contributed by atoms with Crippen molar-refractivity contribution in [2.45, 2.75) is 72.6 Å². The number of ketones is 2. The van der Waals surface area contributed by atoms with Gasteiger partial charge in [0.25, 0.3) is 0 Å². The molecule has 1 heterocycles. The molecule has 3 aliphatic rings. The normalized spacial score (nSPS) is 21.9. The van der Waals surface area contributed by atoms with Crippen LogP contribution in [-0.4, -0.2) is 43.3 Å². The Balaban J connectivity index is 1.92. The molecule has 35 heavy (non-hydrogen) atoms. The van der Waals surface area contributed by atoms with E-state index in [0.29, 0.717) is 32.6 Å². The Morgan fingerprint density at radius 3 is 2.00 bits per heavy atom. The third-order valence-electron chi connectivity index (χ3n) is 7.29. The summed E-state index contributed by atoms with van der Waals surface area (Å²) in [7, 11) is 1.70. The Kier molecular flexibility index (Phi) is 7.36. The molecule has 0 fully saturated rings. The molecule has 4 rings (SSSR count). The van der Waals surface area contributed by atoms with E-state index in [1.807, 2.05) is 18.2 Å². The van der Waals surface area contributed by atoms with Crippen LogP contribution in [0.25, 0.3) is 0 Å². The zero-order chi connectivity index (χ0) is 25.5. The van der Waals surface area contributed by atoms with Crippen LogP contribution in [0.1, 0.15) is 78.2 Å².